The van der Waals surface area contributed by atoms with Crippen LogP contribution < -0.4 is 0 Å². The van der Waals surface area contributed by atoms with Gasteiger partial charge in [0.15, 0.2) is 0 Å². The molecule has 1 aliphatic rings. The first kappa shape index (κ1) is 16.9. The van der Waals surface area contributed by atoms with E-state index in [0.717, 1.165) is 13.9 Å². The average Bonchev–Trinajstić information content (AvgIpc) is 2.29. The van der Waals surface area contributed by atoms with Crippen molar-refractivity contribution in [1.29, 1.82) is 0 Å². The van der Waals surface area contributed by atoms with E-state index < -0.39 is 32.1 Å². The van der Waals surface area contributed by atoms with Crippen molar-refractivity contribution < 1.29 is 0 Å². The van der Waals surface area contributed by atoms with Crippen molar-refractivity contribution in [2.45, 2.75) is 38.3 Å². The van der Waals surface area contributed by atoms with Crippen LogP contribution >= 0.6 is 41.1 Å². The summed E-state index contributed by atoms with van der Waals surface area (Å²) in [6.07, 6.45) is 0. The molecule has 100 valence electrons. The molecule has 0 aliphatic carbocycles. The Morgan fingerprint density at radius 2 is 1.88 bits per heavy atom. The summed E-state index contributed by atoms with van der Waals surface area (Å²) in [5, 5.41) is 0. The van der Waals surface area contributed by atoms with Crippen LogP contribution in [0.1, 0.15) is 0 Å². The second-order valence-corrected chi connectivity index (χ2v) is 30.2. The van der Waals surface area contributed by atoms with Crippen LogP contribution in [0.4, 0.5) is 0 Å². The van der Waals surface area contributed by atoms with Gasteiger partial charge in [0, 0.05) is 0 Å². The molecule has 1 atom stereocenters. The van der Waals surface area contributed by atoms with E-state index in [1.165, 1.54) is 6.04 Å². The minimum atomic E-state index is -3.06. The maximum absolute atomic E-state index is 6.45. The van der Waals surface area contributed by atoms with Gasteiger partial charge < -0.3 is 0 Å². The number of rotatable bonds is 3. The first-order valence-corrected chi connectivity index (χ1v) is 21.1. The molecule has 7 heteroatoms. The van der Waals surface area contributed by atoms with Crippen LogP contribution in [0.5, 0.6) is 0 Å². The van der Waals surface area contributed by atoms with E-state index in [0.29, 0.717) is 0 Å². The first-order valence-electron chi connectivity index (χ1n) is 5.44. The topological polar surface area (TPSA) is 0 Å². The molecule has 0 radical (unpaired) electrons. The fourth-order valence-electron chi connectivity index (χ4n) is 1.79. The third-order valence-electron chi connectivity index (χ3n) is 3.09. The second kappa shape index (κ2) is 5.70. The van der Waals surface area contributed by atoms with E-state index in [-0.39, 0.29) is 0 Å². The van der Waals surface area contributed by atoms with Crippen molar-refractivity contribution in [3.63, 3.8) is 0 Å². The number of hydrogen-bond donors (Lipinski definition) is 0. The number of hydrogen-bond acceptors (Lipinski definition) is 0. The molecule has 0 saturated carbocycles. The summed E-state index contributed by atoms with van der Waals surface area (Å²) in [5.74, 6) is 0. The van der Waals surface area contributed by atoms with Gasteiger partial charge in [-0.25, -0.2) is 0 Å². The molecule has 0 aromatic carbocycles. The Balaban J connectivity index is 3.00. The average molecular weight is 464 g/mol. The van der Waals surface area contributed by atoms with Gasteiger partial charge in [-0.15, -0.1) is 0 Å². The molecule has 0 bridgehead atoms. The van der Waals surface area contributed by atoms with Crippen molar-refractivity contribution in [3.8, 4) is 0 Å². The molecule has 17 heavy (non-hydrogen) atoms. The van der Waals surface area contributed by atoms with Gasteiger partial charge in [-0.05, 0) is 0 Å². The van der Waals surface area contributed by atoms with Gasteiger partial charge in [0.2, 0.25) is 0 Å². The van der Waals surface area contributed by atoms with Gasteiger partial charge in [0.05, 0.1) is 0 Å². The van der Waals surface area contributed by atoms with Crippen LogP contribution in [0.3, 0.4) is 0 Å². The predicted octanol–water partition coefficient (Wildman–Crippen LogP) is 5.74. The summed E-state index contributed by atoms with van der Waals surface area (Å²) >= 11 is 9.32. The molecule has 1 rings (SSSR count). The second-order valence-electron chi connectivity index (χ2n) is 5.84. The Bertz CT molecular complexity index is 373. The van der Waals surface area contributed by atoms with Crippen molar-refractivity contribution in [1.82, 2.24) is 0 Å². The Labute approximate surface area is 128 Å². The molecule has 0 saturated heterocycles. The van der Waals surface area contributed by atoms with Crippen LogP contribution in [-0.4, -0.2) is 32.1 Å². The Kier molecular flexibility index (Phi) is 5.67. The van der Waals surface area contributed by atoms with Gasteiger partial charge in [0.25, 0.3) is 0 Å². The quantitative estimate of drug-likeness (QED) is 0.468. The molecule has 1 unspecified atom stereocenters. The zero-order valence-corrected chi connectivity index (χ0v) is 17.8. The summed E-state index contributed by atoms with van der Waals surface area (Å²) < 4.78 is 3.99. The van der Waals surface area contributed by atoms with Gasteiger partial charge in [-0.1, -0.05) is 0 Å². The number of halogens is 4. The molecule has 0 nitrogen and oxygen atoms in total. The normalized spacial score (nSPS) is 32.7. The molecule has 0 spiro atoms. The van der Waals surface area contributed by atoms with Crippen molar-refractivity contribution in [3.05, 3.63) is 17.6 Å². The third-order valence-corrected chi connectivity index (χ3v) is 26.9. The van der Waals surface area contributed by atoms with Crippen LogP contribution in [0.15, 0.2) is 17.6 Å². The van der Waals surface area contributed by atoms with Crippen molar-refractivity contribution in [2.24, 2.45) is 0 Å². The minimum absolute atomic E-state index is 0.925. The van der Waals surface area contributed by atoms with Gasteiger partial charge >= 0.3 is 129 Å². The summed E-state index contributed by atoms with van der Waals surface area (Å²) in [4.78, 5) is 0. The summed E-state index contributed by atoms with van der Waals surface area (Å²) in [7, 11) is 9.97. The SMILES string of the molecule is C[Si](C)(C)CC[Si]1(C)C(Cl)=C[Te](Cl)(Cl)/C1=C/Cl. The molecule has 0 amide bonds. The van der Waals surface area contributed by atoms with Crippen molar-refractivity contribution in [2.75, 3.05) is 0 Å². The molecule has 0 aromatic heterocycles. The third kappa shape index (κ3) is 3.92. The summed E-state index contributed by atoms with van der Waals surface area (Å²) in [5.41, 5.74) is 1.63. The molecular formula is C10H18Cl4Si2Te. The monoisotopic (exact) mass is 464 g/mol. The van der Waals surface area contributed by atoms with Gasteiger partial charge in [0.1, 0.15) is 0 Å². The van der Waals surface area contributed by atoms with Gasteiger partial charge in [-0.2, -0.15) is 0 Å². The van der Waals surface area contributed by atoms with Crippen LogP contribution in [0, 0.1) is 0 Å². The zero-order chi connectivity index (χ0) is 13.5. The van der Waals surface area contributed by atoms with Crippen LogP contribution in [0.25, 0.3) is 0 Å². The van der Waals surface area contributed by atoms with Crippen molar-refractivity contribution >= 4 is 73.2 Å². The fourth-order valence-corrected chi connectivity index (χ4v) is 35.4. The molecular weight excluding hydrogens is 446 g/mol. The molecule has 1 aliphatic heterocycles. The van der Waals surface area contributed by atoms with E-state index in [2.05, 4.69) is 26.2 Å². The molecule has 1 heterocycles. The van der Waals surface area contributed by atoms with E-state index in [1.807, 2.05) is 4.12 Å². The van der Waals surface area contributed by atoms with E-state index in [9.17, 15) is 0 Å². The van der Waals surface area contributed by atoms with E-state index in [4.69, 9.17) is 41.1 Å². The van der Waals surface area contributed by atoms with Gasteiger partial charge in [-0.3, -0.25) is 0 Å². The fraction of sp³-hybridized carbons (Fsp3) is 0.600. The zero-order valence-electron chi connectivity index (χ0n) is 10.5. The van der Waals surface area contributed by atoms with E-state index in [1.54, 1.807) is 5.54 Å². The standard InChI is InChI=1S/C10H18Cl4Si2Te/c1-15(2,3)5-6-16(4)9(12)8-17(13,14)10(16)7-11/h7-8H,5-6H2,1-4H3/b10-7+. The molecule has 0 N–H and O–H groups in total. The van der Waals surface area contributed by atoms with Crippen LogP contribution in [0.2, 0.25) is 38.3 Å². The molecule has 0 fully saturated rings. The Hall–Kier alpha value is 1.86. The van der Waals surface area contributed by atoms with E-state index >= 15 is 0 Å². The maximum atomic E-state index is 6.45. The summed E-state index contributed by atoms with van der Waals surface area (Å²) in [6.45, 7) is 9.37. The molecule has 0 aromatic rings. The summed E-state index contributed by atoms with van der Waals surface area (Å²) in [6, 6.07) is 2.38. The Morgan fingerprint density at radius 1 is 1.35 bits per heavy atom. The predicted molar refractivity (Wildman–Crippen MR) is 89.9 cm³/mol. The Morgan fingerprint density at radius 3 is 2.29 bits per heavy atom. The van der Waals surface area contributed by atoms with Crippen LogP contribution in [-0.2, 0) is 0 Å². The first-order chi connectivity index (χ1) is 7.53.